The van der Waals surface area contributed by atoms with Gasteiger partial charge in [0.1, 0.15) is 11.0 Å². The lowest BCUT2D eigenvalue weighted by Gasteiger charge is -2.27. The van der Waals surface area contributed by atoms with Gasteiger partial charge in [0.05, 0.1) is 5.56 Å². The lowest BCUT2D eigenvalue weighted by atomic mass is 10.2. The summed E-state index contributed by atoms with van der Waals surface area (Å²) in [6.07, 6.45) is 2.50. The van der Waals surface area contributed by atoms with Gasteiger partial charge >= 0.3 is 0 Å². The fourth-order valence-corrected chi connectivity index (χ4v) is 4.91. The molecule has 0 aliphatic carbocycles. The maximum absolute atomic E-state index is 12.8. The van der Waals surface area contributed by atoms with E-state index in [-0.39, 0.29) is 22.5 Å². The van der Waals surface area contributed by atoms with E-state index >= 15 is 0 Å². The molecule has 2 atom stereocenters. The van der Waals surface area contributed by atoms with Gasteiger partial charge in [0, 0.05) is 17.8 Å². The van der Waals surface area contributed by atoms with E-state index in [4.69, 9.17) is 11.0 Å². The third-order valence-electron chi connectivity index (χ3n) is 3.86. The molecule has 1 aliphatic rings. The van der Waals surface area contributed by atoms with Gasteiger partial charge in [-0.15, -0.1) is 0 Å². The number of nitrogens with two attached hydrogens (primary N) is 1. The minimum atomic E-state index is -3.65. The van der Waals surface area contributed by atoms with Gasteiger partial charge in [-0.1, -0.05) is 6.92 Å². The molecule has 0 saturated carbocycles. The number of sulfonamides is 1. The first kappa shape index (κ1) is 14.8. The summed E-state index contributed by atoms with van der Waals surface area (Å²) in [5, 5.41) is 9.15. The van der Waals surface area contributed by atoms with Crippen LogP contribution in [0.1, 0.15) is 38.7 Å². The second-order valence-electron chi connectivity index (χ2n) is 5.19. The molecule has 1 heterocycles. The Hall–Kier alpha value is -1.58. The van der Waals surface area contributed by atoms with Gasteiger partial charge in [-0.3, -0.25) is 0 Å². The summed E-state index contributed by atoms with van der Waals surface area (Å²) in [5.74, 6) is 0. The van der Waals surface area contributed by atoms with Crippen LogP contribution in [0.2, 0.25) is 0 Å². The summed E-state index contributed by atoms with van der Waals surface area (Å²) in [6.45, 7) is 3.90. The molecule has 0 aromatic heterocycles. The first-order chi connectivity index (χ1) is 9.41. The lowest BCUT2D eigenvalue weighted by molar-refractivity contribution is 0.328. The topological polar surface area (TPSA) is 87.2 Å². The van der Waals surface area contributed by atoms with E-state index in [2.05, 4.69) is 0 Å². The molecule has 1 saturated heterocycles. The molecule has 1 fully saturated rings. The van der Waals surface area contributed by atoms with E-state index in [0.29, 0.717) is 5.69 Å². The molecule has 0 radical (unpaired) electrons. The number of nitrogen functional groups attached to an aromatic ring is 1. The zero-order chi connectivity index (χ0) is 14.9. The normalized spacial score (nSPS) is 23.6. The van der Waals surface area contributed by atoms with Crippen molar-refractivity contribution in [3.05, 3.63) is 23.8 Å². The third-order valence-corrected chi connectivity index (χ3v) is 5.99. The predicted octanol–water partition coefficient (Wildman–Crippen LogP) is 2.09. The van der Waals surface area contributed by atoms with Crippen LogP contribution in [0.5, 0.6) is 0 Å². The molecule has 0 amide bonds. The van der Waals surface area contributed by atoms with Crippen LogP contribution in [0, 0.1) is 11.3 Å². The van der Waals surface area contributed by atoms with Gasteiger partial charge < -0.3 is 5.73 Å². The maximum Gasteiger partial charge on any atom is 0.244 e. The standard InChI is InChI=1S/C14H19N3O2S/c1-3-13-6-4-10(2)17(13)20(18,19)14-7-5-12(16)8-11(14)9-15/h5,7-8,10,13H,3-4,6,16H2,1-2H3. The highest BCUT2D eigenvalue weighted by Gasteiger charge is 2.40. The Morgan fingerprint density at radius 1 is 1.45 bits per heavy atom. The molecule has 6 heteroatoms. The molecular formula is C14H19N3O2S. The molecule has 0 spiro atoms. The lowest BCUT2D eigenvalue weighted by Crippen LogP contribution is -2.39. The highest BCUT2D eigenvalue weighted by Crippen LogP contribution is 2.33. The highest BCUT2D eigenvalue weighted by molar-refractivity contribution is 7.89. The van der Waals surface area contributed by atoms with E-state index in [1.807, 2.05) is 19.9 Å². The van der Waals surface area contributed by atoms with Crippen molar-refractivity contribution >= 4 is 15.7 Å². The molecule has 1 aliphatic heterocycles. The summed E-state index contributed by atoms with van der Waals surface area (Å²) in [6, 6.07) is 6.27. The van der Waals surface area contributed by atoms with Crippen LogP contribution < -0.4 is 5.73 Å². The van der Waals surface area contributed by atoms with E-state index in [0.717, 1.165) is 19.3 Å². The van der Waals surface area contributed by atoms with Crippen molar-refractivity contribution < 1.29 is 8.42 Å². The molecule has 1 aromatic carbocycles. The Morgan fingerprint density at radius 2 is 2.15 bits per heavy atom. The van der Waals surface area contributed by atoms with Crippen molar-refractivity contribution in [1.82, 2.24) is 4.31 Å². The monoisotopic (exact) mass is 293 g/mol. The van der Waals surface area contributed by atoms with Crippen molar-refractivity contribution in [2.24, 2.45) is 0 Å². The largest absolute Gasteiger partial charge is 0.399 e. The summed E-state index contributed by atoms with van der Waals surface area (Å²) >= 11 is 0. The second-order valence-corrected chi connectivity index (χ2v) is 7.00. The van der Waals surface area contributed by atoms with Crippen LogP contribution in [0.15, 0.2) is 23.1 Å². The highest BCUT2D eigenvalue weighted by atomic mass is 32.2. The van der Waals surface area contributed by atoms with Gasteiger partial charge in [0.15, 0.2) is 0 Å². The number of hydrogen-bond donors (Lipinski definition) is 1. The number of hydrogen-bond acceptors (Lipinski definition) is 4. The number of anilines is 1. The van der Waals surface area contributed by atoms with Gasteiger partial charge in [-0.05, 0) is 44.4 Å². The molecule has 2 unspecified atom stereocenters. The first-order valence-corrected chi connectivity index (χ1v) is 8.19. The van der Waals surface area contributed by atoms with Gasteiger partial charge in [0.2, 0.25) is 10.0 Å². The van der Waals surface area contributed by atoms with Crippen molar-refractivity contribution in [3.63, 3.8) is 0 Å². The van der Waals surface area contributed by atoms with E-state index < -0.39 is 10.0 Å². The first-order valence-electron chi connectivity index (χ1n) is 6.75. The predicted molar refractivity (Wildman–Crippen MR) is 77.4 cm³/mol. The zero-order valence-corrected chi connectivity index (χ0v) is 12.5. The Morgan fingerprint density at radius 3 is 2.75 bits per heavy atom. The smallest absolute Gasteiger partial charge is 0.244 e. The summed E-state index contributed by atoms with van der Waals surface area (Å²) in [7, 11) is -3.65. The fraction of sp³-hybridized carbons (Fsp3) is 0.500. The van der Waals surface area contributed by atoms with Crippen molar-refractivity contribution in [3.8, 4) is 6.07 Å². The summed E-state index contributed by atoms with van der Waals surface area (Å²) < 4.78 is 27.2. The van der Waals surface area contributed by atoms with Crippen molar-refractivity contribution in [2.75, 3.05) is 5.73 Å². The second kappa shape index (κ2) is 5.43. The molecule has 0 bridgehead atoms. The minimum absolute atomic E-state index is 0.0131. The molecule has 20 heavy (non-hydrogen) atoms. The summed E-state index contributed by atoms with van der Waals surface area (Å²) in [5.41, 5.74) is 6.12. The molecular weight excluding hydrogens is 274 g/mol. The average molecular weight is 293 g/mol. The van der Waals surface area contributed by atoms with Gasteiger partial charge in [0.25, 0.3) is 0 Å². The Bertz CT molecular complexity index is 649. The molecule has 5 nitrogen and oxygen atoms in total. The average Bonchev–Trinajstić information content (AvgIpc) is 2.80. The number of rotatable bonds is 3. The minimum Gasteiger partial charge on any atom is -0.399 e. The van der Waals surface area contributed by atoms with Crippen LogP contribution in [-0.2, 0) is 10.0 Å². The Balaban J connectivity index is 2.53. The number of nitriles is 1. The van der Waals surface area contributed by atoms with Crippen LogP contribution in [0.4, 0.5) is 5.69 Å². The Kier molecular flexibility index (Phi) is 4.02. The van der Waals surface area contributed by atoms with E-state index in [1.54, 1.807) is 4.31 Å². The van der Waals surface area contributed by atoms with Crippen molar-refractivity contribution in [1.29, 1.82) is 5.26 Å². The zero-order valence-electron chi connectivity index (χ0n) is 11.7. The van der Waals surface area contributed by atoms with Crippen LogP contribution in [0.25, 0.3) is 0 Å². The quantitative estimate of drug-likeness (QED) is 0.864. The fourth-order valence-electron chi connectivity index (χ4n) is 2.84. The van der Waals surface area contributed by atoms with E-state index in [1.165, 1.54) is 18.2 Å². The van der Waals surface area contributed by atoms with Crippen LogP contribution in [0.3, 0.4) is 0 Å². The van der Waals surface area contributed by atoms with Crippen LogP contribution >= 0.6 is 0 Å². The van der Waals surface area contributed by atoms with Gasteiger partial charge in [-0.25, -0.2) is 8.42 Å². The van der Waals surface area contributed by atoms with Gasteiger partial charge in [-0.2, -0.15) is 9.57 Å². The molecule has 2 rings (SSSR count). The van der Waals surface area contributed by atoms with Crippen molar-refractivity contribution in [2.45, 2.75) is 50.1 Å². The SMILES string of the molecule is CCC1CCC(C)N1S(=O)(=O)c1ccc(N)cc1C#N. The van der Waals surface area contributed by atoms with E-state index in [9.17, 15) is 8.42 Å². The molecule has 2 N–H and O–H groups in total. The third kappa shape index (κ3) is 2.39. The number of benzene rings is 1. The summed E-state index contributed by atoms with van der Waals surface area (Å²) in [4.78, 5) is 0.0569. The maximum atomic E-state index is 12.8. The Labute approximate surface area is 120 Å². The molecule has 1 aromatic rings. The molecule has 108 valence electrons. The van der Waals surface area contributed by atoms with Crippen LogP contribution in [-0.4, -0.2) is 24.8 Å². The number of nitrogens with zero attached hydrogens (tertiary/aromatic N) is 2.